The smallest absolute Gasteiger partial charge is 0.349 e. The second kappa shape index (κ2) is 6.12. The van der Waals surface area contributed by atoms with Gasteiger partial charge in [-0.25, -0.2) is 9.36 Å². The molecule has 0 radical (unpaired) electrons. The Morgan fingerprint density at radius 3 is 2.38 bits per heavy atom. The van der Waals surface area contributed by atoms with Gasteiger partial charge in [0.2, 0.25) is 6.33 Å². The van der Waals surface area contributed by atoms with E-state index in [-0.39, 0.29) is 18.8 Å². The normalized spacial score (nSPS) is 13.6. The summed E-state index contributed by atoms with van der Waals surface area (Å²) in [6.07, 6.45) is 4.70. The van der Waals surface area contributed by atoms with Crippen molar-refractivity contribution in [1.82, 2.24) is 4.98 Å². The Bertz CT molecular complexity index is 352. The van der Waals surface area contributed by atoms with Gasteiger partial charge in [0, 0.05) is 6.42 Å². The Morgan fingerprint density at radius 1 is 1.38 bits per heavy atom. The summed E-state index contributed by atoms with van der Waals surface area (Å²) in [7, 11) is 0. The molecule has 0 saturated heterocycles. The van der Waals surface area contributed by atoms with Crippen LogP contribution in [0.5, 0.6) is 0 Å². The predicted octanol–water partition coefficient (Wildman–Crippen LogP) is -2.96. The molecule has 3 N–H and O–H groups in total. The molecule has 1 heterocycles. The van der Waals surface area contributed by atoms with Crippen LogP contribution in [0.15, 0.2) is 18.7 Å². The average Bonchev–Trinajstić information content (AvgIpc) is 2.65. The number of carboxylic acid groups (broad SMARTS) is 2. The second-order valence-corrected chi connectivity index (χ2v) is 3.39. The van der Waals surface area contributed by atoms with E-state index in [1.54, 1.807) is 12.4 Å². The molecule has 0 fully saturated rings. The van der Waals surface area contributed by atoms with E-state index in [0.717, 1.165) is 0 Å². The predicted molar refractivity (Wildman–Crippen MR) is 49.1 cm³/mol. The highest BCUT2D eigenvalue weighted by molar-refractivity contribution is 5.73. The van der Waals surface area contributed by atoms with Gasteiger partial charge in [0.1, 0.15) is 12.4 Å². The molecule has 6 nitrogen and oxygen atoms in total. The maximum absolute atomic E-state index is 10.9. The molecule has 1 rings (SSSR count). The van der Waals surface area contributed by atoms with Crippen LogP contribution in [0.3, 0.4) is 0 Å². The molecule has 0 aromatic carbocycles. The van der Waals surface area contributed by atoms with Crippen LogP contribution in [0.4, 0.5) is 0 Å². The van der Waals surface area contributed by atoms with E-state index in [4.69, 9.17) is 10.2 Å². The topological polar surface area (TPSA) is 94.3 Å². The zero-order valence-corrected chi connectivity index (χ0v) is 9.39. The van der Waals surface area contributed by atoms with Crippen molar-refractivity contribution in [2.24, 2.45) is 5.92 Å². The number of aromatic amines is 1. The summed E-state index contributed by atoms with van der Waals surface area (Å²) in [5.74, 6) is -2.71. The van der Waals surface area contributed by atoms with Crippen molar-refractivity contribution >= 4 is 11.9 Å². The Labute approximate surface area is 98.3 Å². The molecule has 0 aliphatic rings. The van der Waals surface area contributed by atoms with E-state index in [0.29, 0.717) is 0 Å². The molecule has 0 bridgehead atoms. The highest BCUT2D eigenvalue weighted by Crippen LogP contribution is 2.12. The number of imidazole rings is 1. The first-order valence-corrected chi connectivity index (χ1v) is 4.51. The number of aromatic nitrogens is 2. The molecule has 7 heteroatoms. The monoisotopic (exact) mass is 248 g/mol. The van der Waals surface area contributed by atoms with Gasteiger partial charge in [0.25, 0.3) is 0 Å². The molecule has 90 valence electrons. The van der Waals surface area contributed by atoms with Crippen LogP contribution in [0, 0.1) is 5.92 Å². The largest absolute Gasteiger partial charge is 1.00 e. The van der Waals surface area contributed by atoms with Gasteiger partial charge in [-0.15, -0.1) is 0 Å². The first kappa shape index (κ1) is 14.4. The van der Waals surface area contributed by atoms with Gasteiger partial charge in [0.05, 0.1) is 5.92 Å². The number of nitrogens with zero attached hydrogens (tertiary/aromatic N) is 1. The Balaban J connectivity index is 0.00000225. The van der Waals surface area contributed by atoms with E-state index >= 15 is 0 Å². The molecule has 2 unspecified atom stereocenters. The van der Waals surface area contributed by atoms with E-state index in [9.17, 15) is 9.59 Å². The molecule has 0 aliphatic carbocycles. The van der Waals surface area contributed by atoms with Crippen LogP contribution in [0.2, 0.25) is 0 Å². The van der Waals surface area contributed by atoms with Gasteiger partial charge in [-0.1, -0.05) is 6.92 Å². The number of nitrogens with one attached hydrogen (secondary N) is 1. The highest BCUT2D eigenvalue weighted by Gasteiger charge is 2.28. The van der Waals surface area contributed by atoms with Crippen molar-refractivity contribution in [3.63, 3.8) is 0 Å². The molecule has 0 saturated carbocycles. The fraction of sp³-hybridized carbons (Fsp3) is 0.444. The fourth-order valence-electron chi connectivity index (χ4n) is 1.28. The first-order chi connectivity index (χ1) is 7.02. The van der Waals surface area contributed by atoms with Gasteiger partial charge in [-0.05, 0) is 0 Å². The summed E-state index contributed by atoms with van der Waals surface area (Å²) >= 11 is 0. The molecule has 1 aromatic rings. The molecule has 16 heavy (non-hydrogen) atoms. The fourth-order valence-corrected chi connectivity index (χ4v) is 1.28. The number of H-pyrrole nitrogens is 1. The molecular formula is C9H13ClN2O4. The maximum atomic E-state index is 10.9. The SMILES string of the molecule is CC(CC(C(=O)O)[n+]1cc[nH]c1)C(=O)O.[Cl-]. The zero-order valence-electron chi connectivity index (χ0n) is 8.63. The lowest BCUT2D eigenvalue weighted by atomic mass is 10.0. The number of halogens is 1. The third-order valence-corrected chi connectivity index (χ3v) is 2.21. The molecule has 2 atom stereocenters. The minimum Gasteiger partial charge on any atom is -1.00 e. The zero-order chi connectivity index (χ0) is 11.4. The lowest BCUT2D eigenvalue weighted by molar-refractivity contribution is -0.710. The molecule has 0 spiro atoms. The molecule has 1 aromatic heterocycles. The van der Waals surface area contributed by atoms with Crippen molar-refractivity contribution in [2.45, 2.75) is 19.4 Å². The first-order valence-electron chi connectivity index (χ1n) is 4.51. The Kier molecular flexibility index (Phi) is 5.52. The van der Waals surface area contributed by atoms with E-state index in [1.165, 1.54) is 17.8 Å². The van der Waals surface area contributed by atoms with E-state index < -0.39 is 23.9 Å². The number of carbonyl (C=O) groups is 2. The van der Waals surface area contributed by atoms with Gasteiger partial charge < -0.3 is 22.6 Å². The van der Waals surface area contributed by atoms with Crippen LogP contribution in [-0.2, 0) is 9.59 Å². The quantitative estimate of drug-likeness (QED) is 0.486. The number of rotatable bonds is 5. The van der Waals surface area contributed by atoms with E-state index in [2.05, 4.69) is 4.98 Å². The summed E-state index contributed by atoms with van der Waals surface area (Å²) < 4.78 is 1.45. The minimum absolute atomic E-state index is 0. The summed E-state index contributed by atoms with van der Waals surface area (Å²) in [5.41, 5.74) is 0. The van der Waals surface area contributed by atoms with Crippen LogP contribution in [0.25, 0.3) is 0 Å². The number of hydrogen-bond donors (Lipinski definition) is 3. The van der Waals surface area contributed by atoms with Gasteiger partial charge in [-0.2, -0.15) is 0 Å². The Morgan fingerprint density at radius 2 is 2.00 bits per heavy atom. The minimum atomic E-state index is -1.03. The lowest BCUT2D eigenvalue weighted by Crippen LogP contribution is -3.00. The number of aliphatic carboxylic acids is 2. The molecule has 0 aliphatic heterocycles. The third kappa shape index (κ3) is 3.54. The van der Waals surface area contributed by atoms with Gasteiger partial charge >= 0.3 is 11.9 Å². The Hall–Kier alpha value is -1.56. The number of carboxylic acids is 2. The number of hydrogen-bond acceptors (Lipinski definition) is 2. The standard InChI is InChI=1S/C9H12N2O4.ClH/c1-6(8(12)13)4-7(9(14)15)11-3-2-10-5-11;/h2-3,5-7H,4H2,1H3,(H2,12,13,14,15);1H. The molecule has 0 amide bonds. The summed E-state index contributed by atoms with van der Waals surface area (Å²) in [4.78, 5) is 24.3. The van der Waals surface area contributed by atoms with Crippen LogP contribution in [0.1, 0.15) is 19.4 Å². The highest BCUT2D eigenvalue weighted by atomic mass is 35.5. The van der Waals surface area contributed by atoms with Crippen molar-refractivity contribution in [1.29, 1.82) is 0 Å². The van der Waals surface area contributed by atoms with Crippen molar-refractivity contribution in [2.75, 3.05) is 0 Å². The summed E-state index contributed by atoms with van der Waals surface area (Å²) in [6, 6.07) is -0.845. The van der Waals surface area contributed by atoms with Crippen molar-refractivity contribution in [3.05, 3.63) is 18.7 Å². The van der Waals surface area contributed by atoms with Crippen LogP contribution >= 0.6 is 0 Å². The summed E-state index contributed by atoms with van der Waals surface area (Å²) in [6.45, 7) is 1.49. The average molecular weight is 249 g/mol. The van der Waals surface area contributed by atoms with Gasteiger partial charge in [0.15, 0.2) is 6.04 Å². The van der Waals surface area contributed by atoms with Crippen molar-refractivity contribution in [3.8, 4) is 0 Å². The summed E-state index contributed by atoms with van der Waals surface area (Å²) in [5, 5.41) is 17.6. The lowest BCUT2D eigenvalue weighted by Gasteiger charge is -2.11. The second-order valence-electron chi connectivity index (χ2n) is 3.39. The van der Waals surface area contributed by atoms with Crippen molar-refractivity contribution < 1.29 is 36.8 Å². The third-order valence-electron chi connectivity index (χ3n) is 2.21. The van der Waals surface area contributed by atoms with E-state index in [1.807, 2.05) is 0 Å². The molecular weight excluding hydrogens is 236 g/mol. The maximum Gasteiger partial charge on any atom is 0.349 e. The van der Waals surface area contributed by atoms with Crippen LogP contribution < -0.4 is 17.0 Å². The van der Waals surface area contributed by atoms with Gasteiger partial charge in [-0.3, -0.25) is 9.78 Å². The van der Waals surface area contributed by atoms with Crippen LogP contribution in [-0.4, -0.2) is 27.1 Å².